The lowest BCUT2D eigenvalue weighted by molar-refractivity contribution is 0.382. The number of phenols is 2. The van der Waals surface area contributed by atoms with Crippen LogP contribution in [0.4, 0.5) is 0 Å². The number of hydrogen-bond acceptors (Lipinski definition) is 3. The molecule has 0 amide bonds. The van der Waals surface area contributed by atoms with Gasteiger partial charge in [0.2, 0.25) is 0 Å². The van der Waals surface area contributed by atoms with Crippen LogP contribution in [-0.2, 0) is 0 Å². The Labute approximate surface area is 188 Å². The molecule has 2 aromatic rings. The Kier molecular flexibility index (Phi) is 5.07. The molecule has 1 fully saturated rings. The molecule has 0 spiro atoms. The highest BCUT2D eigenvalue weighted by Crippen LogP contribution is 2.56. The van der Waals surface area contributed by atoms with Crippen LogP contribution in [0.5, 0.6) is 23.0 Å². The summed E-state index contributed by atoms with van der Waals surface area (Å²) in [5.74, 6) is 2.93. The Morgan fingerprint density at radius 2 is 1.48 bits per heavy atom. The molecule has 2 N–H and O–H groups in total. The van der Waals surface area contributed by atoms with E-state index in [0.717, 1.165) is 27.8 Å². The van der Waals surface area contributed by atoms with E-state index >= 15 is 0 Å². The third-order valence-electron chi connectivity index (χ3n) is 5.39. The van der Waals surface area contributed by atoms with E-state index in [4.69, 9.17) is 4.74 Å². The maximum absolute atomic E-state index is 10.4. The van der Waals surface area contributed by atoms with E-state index in [1.807, 2.05) is 6.92 Å². The van der Waals surface area contributed by atoms with Gasteiger partial charge in [0.1, 0.15) is 23.0 Å². The number of aromatic hydroxyl groups is 2. The largest absolute Gasteiger partial charge is 0.506 e. The minimum absolute atomic E-state index is 0.261. The Bertz CT molecular complexity index is 810. The molecule has 25 heavy (non-hydrogen) atoms. The van der Waals surface area contributed by atoms with Gasteiger partial charge in [-0.15, -0.1) is 0 Å². The fraction of sp³-hybridized carbons (Fsp3) is 0.368. The van der Waals surface area contributed by atoms with Crippen LogP contribution in [0.1, 0.15) is 48.3 Å². The molecule has 0 aromatic heterocycles. The van der Waals surface area contributed by atoms with Crippen molar-refractivity contribution in [2.75, 3.05) is 0 Å². The second-order valence-electron chi connectivity index (χ2n) is 6.81. The Hall–Kier alpha value is 0.0300. The van der Waals surface area contributed by atoms with Crippen molar-refractivity contribution < 1.29 is 14.9 Å². The van der Waals surface area contributed by atoms with E-state index < -0.39 is 0 Å². The summed E-state index contributed by atoms with van der Waals surface area (Å²) in [4.78, 5) is 0. The Morgan fingerprint density at radius 1 is 0.920 bits per heavy atom. The number of ether oxygens (including phenoxy) is 1. The highest BCUT2D eigenvalue weighted by atomic mass is 127. The number of halogens is 3. The summed E-state index contributed by atoms with van der Waals surface area (Å²) >= 11 is 6.56. The van der Waals surface area contributed by atoms with Crippen molar-refractivity contribution in [2.24, 2.45) is 5.92 Å². The third kappa shape index (κ3) is 2.94. The van der Waals surface area contributed by atoms with Gasteiger partial charge in [-0.1, -0.05) is 12.8 Å². The SMILES string of the molecule is Cc1c(O)c(I)cc2c1Oc1c(cc(I)c(O)c1I)C2C1CCCC1. The first-order valence-corrected chi connectivity index (χ1v) is 11.5. The van der Waals surface area contributed by atoms with Gasteiger partial charge < -0.3 is 14.9 Å². The molecule has 2 aliphatic rings. The van der Waals surface area contributed by atoms with Gasteiger partial charge in [0.25, 0.3) is 0 Å². The molecule has 1 atom stereocenters. The molecule has 4 rings (SSSR count). The zero-order valence-corrected chi connectivity index (χ0v) is 20.0. The monoisotopic (exact) mass is 674 g/mol. The average Bonchev–Trinajstić information content (AvgIpc) is 3.11. The van der Waals surface area contributed by atoms with E-state index in [0.29, 0.717) is 5.92 Å². The maximum atomic E-state index is 10.4. The predicted octanol–water partition coefficient (Wildman–Crippen LogP) is 6.65. The highest BCUT2D eigenvalue weighted by Gasteiger charge is 2.38. The standard InChI is InChI=1S/C19H17I3O3/c1-8-16(23)12(20)6-10-14(9-4-2-3-5-9)11-7-13(21)17(24)15(22)19(11)25-18(8)10/h6-7,9,14,23-24H,2-5H2,1H3. The lowest BCUT2D eigenvalue weighted by atomic mass is 9.77. The molecule has 6 heteroatoms. The highest BCUT2D eigenvalue weighted by molar-refractivity contribution is 14.1. The van der Waals surface area contributed by atoms with Crippen LogP contribution in [-0.4, -0.2) is 10.2 Å². The van der Waals surface area contributed by atoms with Crippen LogP contribution in [0.25, 0.3) is 0 Å². The van der Waals surface area contributed by atoms with Crippen LogP contribution in [0.15, 0.2) is 12.1 Å². The van der Waals surface area contributed by atoms with Crippen LogP contribution in [0.2, 0.25) is 0 Å². The summed E-state index contributed by atoms with van der Waals surface area (Å²) in [5.41, 5.74) is 3.13. The van der Waals surface area contributed by atoms with Crippen molar-refractivity contribution in [3.63, 3.8) is 0 Å². The van der Waals surface area contributed by atoms with Gasteiger partial charge in [0.15, 0.2) is 0 Å². The first kappa shape index (κ1) is 18.4. The summed E-state index contributed by atoms with van der Waals surface area (Å²) in [6.45, 7) is 1.91. The Morgan fingerprint density at radius 3 is 2.12 bits per heavy atom. The number of benzene rings is 2. The topological polar surface area (TPSA) is 49.7 Å². The molecule has 2 aromatic carbocycles. The third-order valence-corrected chi connectivity index (χ3v) is 8.04. The molecule has 1 saturated carbocycles. The van der Waals surface area contributed by atoms with E-state index in [1.165, 1.54) is 36.8 Å². The fourth-order valence-electron chi connectivity index (χ4n) is 4.15. The number of phenolic OH excluding ortho intramolecular Hbond substituents is 2. The minimum Gasteiger partial charge on any atom is -0.506 e. The molecular weight excluding hydrogens is 657 g/mol. The van der Waals surface area contributed by atoms with Gasteiger partial charge in [0.05, 0.1) is 10.7 Å². The van der Waals surface area contributed by atoms with Gasteiger partial charge in [-0.2, -0.15) is 0 Å². The van der Waals surface area contributed by atoms with Crippen LogP contribution < -0.4 is 4.74 Å². The molecule has 1 unspecified atom stereocenters. The van der Waals surface area contributed by atoms with Crippen molar-refractivity contribution in [1.82, 2.24) is 0 Å². The first-order valence-electron chi connectivity index (χ1n) is 8.30. The summed E-state index contributed by atoms with van der Waals surface area (Å²) in [6, 6.07) is 4.16. The van der Waals surface area contributed by atoms with E-state index in [-0.39, 0.29) is 17.4 Å². The molecule has 1 aliphatic carbocycles. The van der Waals surface area contributed by atoms with Gasteiger partial charge >= 0.3 is 0 Å². The first-order chi connectivity index (χ1) is 11.9. The molecule has 3 nitrogen and oxygen atoms in total. The normalized spacial score (nSPS) is 19.4. The molecule has 132 valence electrons. The van der Waals surface area contributed by atoms with E-state index in [9.17, 15) is 10.2 Å². The number of hydrogen-bond donors (Lipinski definition) is 2. The van der Waals surface area contributed by atoms with Crippen molar-refractivity contribution in [2.45, 2.75) is 38.5 Å². The van der Waals surface area contributed by atoms with Crippen molar-refractivity contribution >= 4 is 67.8 Å². The van der Waals surface area contributed by atoms with Gasteiger partial charge in [-0.05, 0) is 106 Å². The molecule has 0 saturated heterocycles. The number of fused-ring (bicyclic) bond motifs is 2. The minimum atomic E-state index is 0.261. The van der Waals surface area contributed by atoms with Crippen LogP contribution >= 0.6 is 67.8 Å². The summed E-state index contributed by atoms with van der Waals surface area (Å²) < 4.78 is 8.75. The van der Waals surface area contributed by atoms with E-state index in [2.05, 4.69) is 79.9 Å². The molecule has 1 aliphatic heterocycles. The smallest absolute Gasteiger partial charge is 0.148 e. The summed E-state index contributed by atoms with van der Waals surface area (Å²) in [5, 5.41) is 20.8. The van der Waals surface area contributed by atoms with Crippen LogP contribution in [0.3, 0.4) is 0 Å². The van der Waals surface area contributed by atoms with Crippen molar-refractivity contribution in [3.8, 4) is 23.0 Å². The molecular formula is C19H17I3O3. The zero-order chi connectivity index (χ0) is 17.9. The maximum Gasteiger partial charge on any atom is 0.148 e. The summed E-state index contributed by atoms with van der Waals surface area (Å²) in [6.07, 6.45) is 4.97. The second-order valence-corrected chi connectivity index (χ2v) is 10.2. The predicted molar refractivity (Wildman–Crippen MR) is 123 cm³/mol. The van der Waals surface area contributed by atoms with Gasteiger partial charge in [0, 0.05) is 22.6 Å². The lowest BCUT2D eigenvalue weighted by Crippen LogP contribution is -2.19. The quantitative estimate of drug-likeness (QED) is 0.334. The lowest BCUT2D eigenvalue weighted by Gasteiger charge is -2.34. The van der Waals surface area contributed by atoms with Gasteiger partial charge in [-0.3, -0.25) is 0 Å². The molecule has 0 radical (unpaired) electrons. The van der Waals surface area contributed by atoms with Crippen molar-refractivity contribution in [1.29, 1.82) is 0 Å². The fourth-order valence-corrected chi connectivity index (χ4v) is 6.73. The van der Waals surface area contributed by atoms with Crippen LogP contribution in [0, 0.1) is 23.6 Å². The zero-order valence-electron chi connectivity index (χ0n) is 13.6. The second kappa shape index (κ2) is 6.88. The molecule has 0 bridgehead atoms. The molecule has 1 heterocycles. The van der Waals surface area contributed by atoms with E-state index in [1.54, 1.807) is 0 Å². The van der Waals surface area contributed by atoms with Gasteiger partial charge in [-0.25, -0.2) is 0 Å². The number of rotatable bonds is 1. The summed E-state index contributed by atoms with van der Waals surface area (Å²) in [7, 11) is 0. The Balaban J connectivity index is 2.00. The average molecular weight is 674 g/mol. The van der Waals surface area contributed by atoms with Crippen molar-refractivity contribution in [3.05, 3.63) is 39.5 Å².